The molecule has 138 valence electrons. The monoisotopic (exact) mass is 371 g/mol. The minimum absolute atomic E-state index is 0.218. The van der Waals surface area contributed by atoms with E-state index in [0.29, 0.717) is 18.1 Å². The Morgan fingerprint density at radius 2 is 1.46 bits per heavy atom. The third-order valence-corrected chi connectivity index (χ3v) is 4.18. The number of rotatable bonds is 6. The van der Waals surface area contributed by atoms with Crippen molar-refractivity contribution in [1.29, 1.82) is 0 Å². The van der Waals surface area contributed by atoms with Crippen LogP contribution in [0.1, 0.15) is 5.56 Å². The van der Waals surface area contributed by atoms with Crippen LogP contribution in [0.15, 0.2) is 91.3 Å². The largest absolute Gasteiger partial charge is 0.486 e. The maximum absolute atomic E-state index is 14.4. The van der Waals surface area contributed by atoms with Crippen molar-refractivity contribution >= 4 is 11.6 Å². The Morgan fingerprint density at radius 1 is 0.786 bits per heavy atom. The molecule has 0 atom stereocenters. The molecule has 0 amide bonds. The third kappa shape index (κ3) is 4.32. The lowest BCUT2D eigenvalue weighted by Gasteiger charge is -2.09. The summed E-state index contributed by atoms with van der Waals surface area (Å²) in [6.07, 6.45) is 3.33. The molecule has 0 fully saturated rings. The van der Waals surface area contributed by atoms with Gasteiger partial charge in [0.25, 0.3) is 0 Å². The first kappa shape index (κ1) is 17.7. The molecule has 4 nitrogen and oxygen atoms in total. The molecule has 4 aromatic rings. The number of hydrogen-bond donors (Lipinski definition) is 1. The fraction of sp³-hybridized carbons (Fsp3) is 0.0435. The number of hydrogen-bond acceptors (Lipinski definition) is 4. The van der Waals surface area contributed by atoms with Crippen molar-refractivity contribution in [3.8, 4) is 16.9 Å². The van der Waals surface area contributed by atoms with Gasteiger partial charge in [-0.3, -0.25) is 0 Å². The van der Waals surface area contributed by atoms with Crippen molar-refractivity contribution in [3.05, 3.63) is 103 Å². The SMILES string of the molecule is Fc1cc(-c2cnc(Nc3ccccc3)nc2)ccc1OCc1ccccc1. The van der Waals surface area contributed by atoms with Crippen LogP contribution in [0.4, 0.5) is 16.0 Å². The first-order valence-corrected chi connectivity index (χ1v) is 8.89. The molecule has 0 radical (unpaired) electrons. The minimum atomic E-state index is -0.417. The van der Waals surface area contributed by atoms with Gasteiger partial charge in [0.15, 0.2) is 11.6 Å². The second-order valence-electron chi connectivity index (χ2n) is 6.21. The predicted octanol–water partition coefficient (Wildman–Crippen LogP) is 5.61. The molecule has 0 aliphatic heterocycles. The minimum Gasteiger partial charge on any atom is -0.486 e. The standard InChI is InChI=1S/C23H18FN3O/c24-21-13-18(11-12-22(21)28-16-17-7-3-1-4-8-17)19-14-25-23(26-15-19)27-20-9-5-2-6-10-20/h1-15H,16H2,(H,25,26,27). The van der Waals surface area contributed by atoms with Gasteiger partial charge in [0.2, 0.25) is 5.95 Å². The Hall–Kier alpha value is -3.73. The van der Waals surface area contributed by atoms with Crippen LogP contribution in [0, 0.1) is 5.82 Å². The van der Waals surface area contributed by atoms with Crippen molar-refractivity contribution in [1.82, 2.24) is 9.97 Å². The molecule has 0 spiro atoms. The van der Waals surface area contributed by atoms with Gasteiger partial charge in [-0.25, -0.2) is 14.4 Å². The lowest BCUT2D eigenvalue weighted by molar-refractivity contribution is 0.290. The third-order valence-electron chi connectivity index (χ3n) is 4.18. The van der Waals surface area contributed by atoms with Crippen LogP contribution in [-0.4, -0.2) is 9.97 Å². The van der Waals surface area contributed by atoms with E-state index in [0.717, 1.165) is 16.8 Å². The van der Waals surface area contributed by atoms with Gasteiger partial charge in [0.1, 0.15) is 6.61 Å². The van der Waals surface area contributed by atoms with E-state index in [1.807, 2.05) is 60.7 Å². The summed E-state index contributed by atoms with van der Waals surface area (Å²) in [5.74, 6) is 0.286. The number of para-hydroxylation sites is 1. The Balaban J connectivity index is 1.45. The maximum atomic E-state index is 14.4. The molecule has 0 bridgehead atoms. The van der Waals surface area contributed by atoms with Crippen molar-refractivity contribution in [3.63, 3.8) is 0 Å². The molecule has 1 aromatic heterocycles. The second kappa shape index (κ2) is 8.31. The molecular weight excluding hydrogens is 353 g/mol. The van der Waals surface area contributed by atoms with E-state index >= 15 is 0 Å². The zero-order chi connectivity index (χ0) is 19.2. The Labute approximate surface area is 162 Å². The highest BCUT2D eigenvalue weighted by Gasteiger charge is 2.08. The second-order valence-corrected chi connectivity index (χ2v) is 6.21. The number of nitrogens with one attached hydrogen (secondary N) is 1. The topological polar surface area (TPSA) is 47.0 Å². The van der Waals surface area contributed by atoms with Crippen LogP contribution in [0.5, 0.6) is 5.75 Å². The van der Waals surface area contributed by atoms with Crippen molar-refractivity contribution in [2.45, 2.75) is 6.61 Å². The lowest BCUT2D eigenvalue weighted by Crippen LogP contribution is -1.98. The summed E-state index contributed by atoms with van der Waals surface area (Å²) >= 11 is 0. The molecule has 0 saturated heterocycles. The van der Waals surface area contributed by atoms with Gasteiger partial charge < -0.3 is 10.1 Å². The Bertz CT molecular complexity index is 1040. The molecule has 0 unspecified atom stereocenters. The van der Waals surface area contributed by atoms with Gasteiger partial charge in [-0.15, -0.1) is 0 Å². The fourth-order valence-corrected chi connectivity index (χ4v) is 2.73. The summed E-state index contributed by atoms with van der Waals surface area (Å²) in [5.41, 5.74) is 3.31. The molecule has 1 N–H and O–H groups in total. The first-order valence-electron chi connectivity index (χ1n) is 8.89. The number of halogens is 1. The quantitative estimate of drug-likeness (QED) is 0.479. The van der Waals surface area contributed by atoms with Crippen molar-refractivity contribution in [2.75, 3.05) is 5.32 Å². The number of ether oxygens (including phenoxy) is 1. The van der Waals surface area contributed by atoms with E-state index in [4.69, 9.17) is 4.74 Å². The molecule has 0 aliphatic carbocycles. The summed E-state index contributed by atoms with van der Waals surface area (Å²) in [5, 5.41) is 3.12. The zero-order valence-corrected chi connectivity index (χ0v) is 15.0. The highest BCUT2D eigenvalue weighted by Crippen LogP contribution is 2.26. The van der Waals surface area contributed by atoms with Gasteiger partial charge in [-0.05, 0) is 35.4 Å². The van der Waals surface area contributed by atoms with Crippen LogP contribution >= 0.6 is 0 Å². The van der Waals surface area contributed by atoms with Crippen LogP contribution in [0.2, 0.25) is 0 Å². The molecule has 4 rings (SSSR count). The summed E-state index contributed by atoms with van der Waals surface area (Å²) in [4.78, 5) is 8.61. The molecule has 5 heteroatoms. The van der Waals surface area contributed by atoms with Gasteiger partial charge in [0, 0.05) is 23.6 Å². The highest BCUT2D eigenvalue weighted by molar-refractivity contribution is 5.64. The average molecular weight is 371 g/mol. The summed E-state index contributed by atoms with van der Waals surface area (Å²) in [6.45, 7) is 0.320. The smallest absolute Gasteiger partial charge is 0.227 e. The fourth-order valence-electron chi connectivity index (χ4n) is 2.73. The average Bonchev–Trinajstić information content (AvgIpc) is 2.75. The van der Waals surface area contributed by atoms with Crippen molar-refractivity contribution in [2.24, 2.45) is 0 Å². The van der Waals surface area contributed by atoms with Crippen LogP contribution in [0.25, 0.3) is 11.1 Å². The number of benzene rings is 3. The normalized spacial score (nSPS) is 10.5. The van der Waals surface area contributed by atoms with Crippen LogP contribution < -0.4 is 10.1 Å². The van der Waals surface area contributed by atoms with E-state index in [-0.39, 0.29) is 5.75 Å². The van der Waals surface area contributed by atoms with Gasteiger partial charge in [-0.1, -0.05) is 54.6 Å². The molecule has 3 aromatic carbocycles. The summed E-state index contributed by atoms with van der Waals surface area (Å²) in [6, 6.07) is 24.2. The molecule has 0 saturated carbocycles. The van der Waals surface area contributed by atoms with E-state index in [1.54, 1.807) is 24.5 Å². The molecule has 28 heavy (non-hydrogen) atoms. The molecule has 1 heterocycles. The lowest BCUT2D eigenvalue weighted by atomic mass is 10.1. The summed E-state index contributed by atoms with van der Waals surface area (Å²) in [7, 11) is 0. The summed E-state index contributed by atoms with van der Waals surface area (Å²) < 4.78 is 20.0. The van der Waals surface area contributed by atoms with Crippen LogP contribution in [0.3, 0.4) is 0 Å². The van der Waals surface area contributed by atoms with Gasteiger partial charge in [-0.2, -0.15) is 0 Å². The molecule has 0 aliphatic rings. The Morgan fingerprint density at radius 3 is 2.14 bits per heavy atom. The Kier molecular flexibility index (Phi) is 5.24. The van der Waals surface area contributed by atoms with E-state index in [9.17, 15) is 4.39 Å². The number of nitrogens with zero attached hydrogens (tertiary/aromatic N) is 2. The predicted molar refractivity (Wildman–Crippen MR) is 108 cm³/mol. The van der Waals surface area contributed by atoms with E-state index in [1.165, 1.54) is 6.07 Å². The number of aromatic nitrogens is 2. The van der Waals surface area contributed by atoms with Crippen LogP contribution in [-0.2, 0) is 6.61 Å². The highest BCUT2D eigenvalue weighted by atomic mass is 19.1. The maximum Gasteiger partial charge on any atom is 0.227 e. The van der Waals surface area contributed by atoms with Gasteiger partial charge in [0.05, 0.1) is 0 Å². The van der Waals surface area contributed by atoms with E-state index < -0.39 is 5.82 Å². The van der Waals surface area contributed by atoms with E-state index in [2.05, 4.69) is 15.3 Å². The van der Waals surface area contributed by atoms with Gasteiger partial charge >= 0.3 is 0 Å². The number of anilines is 2. The molecular formula is C23H18FN3O. The van der Waals surface area contributed by atoms with Crippen molar-refractivity contribution < 1.29 is 9.13 Å². The zero-order valence-electron chi connectivity index (χ0n) is 15.0. The first-order chi connectivity index (χ1) is 13.8.